The van der Waals surface area contributed by atoms with Crippen molar-refractivity contribution in [2.75, 3.05) is 19.7 Å². The smallest absolute Gasteiger partial charge is 0.0443 e. The predicted octanol–water partition coefficient (Wildman–Crippen LogP) is 2.41. The lowest BCUT2D eigenvalue weighted by molar-refractivity contribution is 0.0990. The van der Waals surface area contributed by atoms with Crippen LogP contribution in [0.15, 0.2) is 0 Å². The van der Waals surface area contributed by atoms with Crippen LogP contribution in [0.5, 0.6) is 0 Å². The molecule has 0 amide bonds. The summed E-state index contributed by atoms with van der Waals surface area (Å²) in [7, 11) is 0. The number of rotatable bonds is 6. The summed E-state index contributed by atoms with van der Waals surface area (Å²) in [6, 6.07) is 0.858. The Bertz CT molecular complexity index is 173. The Balaban J connectivity index is 1.75. The molecule has 0 spiro atoms. The molecule has 0 atom stereocenters. The van der Waals surface area contributed by atoms with E-state index in [1.165, 1.54) is 51.5 Å². The van der Waals surface area contributed by atoms with Gasteiger partial charge in [-0.25, -0.2) is 0 Å². The van der Waals surface area contributed by atoms with E-state index in [9.17, 15) is 0 Å². The minimum Gasteiger partial charge on any atom is -0.396 e. The first kappa shape index (κ1) is 11.4. The van der Waals surface area contributed by atoms with Gasteiger partial charge in [-0.05, 0) is 38.0 Å². The molecule has 2 rings (SSSR count). The number of hydrogen-bond acceptors (Lipinski definition) is 2. The van der Waals surface area contributed by atoms with Crippen molar-refractivity contribution >= 4 is 0 Å². The maximum absolute atomic E-state index is 8.92. The summed E-state index contributed by atoms with van der Waals surface area (Å²) >= 11 is 0. The number of aliphatic hydroxyl groups is 1. The standard InChI is InChI=1S/C13H25NO/c15-10-4-9-14(13-7-3-8-13)11-12-5-1-2-6-12/h12-13,15H,1-11H2. The summed E-state index contributed by atoms with van der Waals surface area (Å²) in [6.07, 6.45) is 11.0. The zero-order valence-electron chi connectivity index (χ0n) is 9.83. The summed E-state index contributed by atoms with van der Waals surface area (Å²) in [4.78, 5) is 2.66. The van der Waals surface area contributed by atoms with Gasteiger partial charge in [-0.2, -0.15) is 0 Å². The highest BCUT2D eigenvalue weighted by Crippen LogP contribution is 2.30. The summed E-state index contributed by atoms with van der Waals surface area (Å²) in [5.74, 6) is 0.962. The second-order valence-corrected chi connectivity index (χ2v) is 5.31. The normalized spacial score (nSPS) is 23.6. The average molecular weight is 211 g/mol. The number of nitrogens with zero attached hydrogens (tertiary/aromatic N) is 1. The first-order valence-electron chi connectivity index (χ1n) is 6.75. The van der Waals surface area contributed by atoms with Gasteiger partial charge in [0.25, 0.3) is 0 Å². The van der Waals surface area contributed by atoms with E-state index in [-0.39, 0.29) is 0 Å². The van der Waals surface area contributed by atoms with E-state index in [1.807, 2.05) is 0 Å². The first-order valence-corrected chi connectivity index (χ1v) is 6.75. The molecule has 2 heteroatoms. The molecule has 2 nitrogen and oxygen atoms in total. The van der Waals surface area contributed by atoms with Crippen molar-refractivity contribution in [1.29, 1.82) is 0 Å². The zero-order valence-corrected chi connectivity index (χ0v) is 9.83. The van der Waals surface area contributed by atoms with E-state index in [2.05, 4.69) is 4.90 Å². The van der Waals surface area contributed by atoms with Crippen LogP contribution in [-0.4, -0.2) is 35.7 Å². The van der Waals surface area contributed by atoms with E-state index in [1.54, 1.807) is 0 Å². The van der Waals surface area contributed by atoms with Crippen molar-refractivity contribution in [2.45, 2.75) is 57.4 Å². The third-order valence-electron chi connectivity index (χ3n) is 4.16. The Kier molecular flexibility index (Phi) is 4.45. The van der Waals surface area contributed by atoms with Gasteiger partial charge in [0.15, 0.2) is 0 Å². The zero-order chi connectivity index (χ0) is 10.5. The molecule has 0 bridgehead atoms. The van der Waals surface area contributed by atoms with Crippen LogP contribution < -0.4 is 0 Å². The molecule has 0 aromatic heterocycles. The summed E-state index contributed by atoms with van der Waals surface area (Å²) in [5.41, 5.74) is 0. The maximum Gasteiger partial charge on any atom is 0.0443 e. The molecule has 2 aliphatic carbocycles. The third kappa shape index (κ3) is 3.18. The largest absolute Gasteiger partial charge is 0.396 e. The van der Waals surface area contributed by atoms with Gasteiger partial charge >= 0.3 is 0 Å². The number of hydrogen-bond donors (Lipinski definition) is 1. The van der Waals surface area contributed by atoms with E-state index >= 15 is 0 Å². The number of aliphatic hydroxyl groups excluding tert-OH is 1. The topological polar surface area (TPSA) is 23.5 Å². The molecule has 0 radical (unpaired) electrons. The first-order chi connectivity index (χ1) is 7.40. The summed E-state index contributed by atoms with van der Waals surface area (Å²) in [6.45, 7) is 2.79. The molecular formula is C13H25NO. The van der Waals surface area contributed by atoms with E-state index in [0.717, 1.165) is 24.9 Å². The van der Waals surface area contributed by atoms with Gasteiger partial charge in [0.2, 0.25) is 0 Å². The fourth-order valence-electron chi connectivity index (χ4n) is 2.97. The Hall–Kier alpha value is -0.0800. The van der Waals surface area contributed by atoms with Gasteiger partial charge in [-0.15, -0.1) is 0 Å². The Morgan fingerprint density at radius 1 is 1.00 bits per heavy atom. The fraction of sp³-hybridized carbons (Fsp3) is 1.00. The molecule has 15 heavy (non-hydrogen) atoms. The minimum atomic E-state index is 0.355. The molecule has 0 saturated heterocycles. The molecule has 88 valence electrons. The average Bonchev–Trinajstić information content (AvgIpc) is 2.64. The van der Waals surface area contributed by atoms with Crippen LogP contribution in [0.2, 0.25) is 0 Å². The van der Waals surface area contributed by atoms with Crippen molar-refractivity contribution in [3.05, 3.63) is 0 Å². The van der Waals surface area contributed by atoms with Gasteiger partial charge in [-0.1, -0.05) is 19.3 Å². The lowest BCUT2D eigenvalue weighted by Crippen LogP contribution is -2.43. The molecule has 2 fully saturated rings. The van der Waals surface area contributed by atoms with Crippen LogP contribution in [0.4, 0.5) is 0 Å². The van der Waals surface area contributed by atoms with Crippen molar-refractivity contribution in [3.63, 3.8) is 0 Å². The quantitative estimate of drug-likeness (QED) is 0.729. The lowest BCUT2D eigenvalue weighted by atomic mass is 9.90. The van der Waals surface area contributed by atoms with Gasteiger partial charge < -0.3 is 10.0 Å². The van der Waals surface area contributed by atoms with Crippen LogP contribution >= 0.6 is 0 Å². The molecule has 0 aliphatic heterocycles. The van der Waals surface area contributed by atoms with Crippen LogP contribution in [-0.2, 0) is 0 Å². The fourth-order valence-corrected chi connectivity index (χ4v) is 2.97. The van der Waals surface area contributed by atoms with Crippen molar-refractivity contribution in [3.8, 4) is 0 Å². The second kappa shape index (κ2) is 5.86. The molecule has 2 aliphatic rings. The van der Waals surface area contributed by atoms with Gasteiger partial charge in [-0.3, -0.25) is 0 Å². The maximum atomic E-state index is 8.92. The second-order valence-electron chi connectivity index (χ2n) is 5.31. The van der Waals surface area contributed by atoms with Crippen molar-refractivity contribution < 1.29 is 5.11 Å². The van der Waals surface area contributed by atoms with E-state index in [4.69, 9.17) is 5.11 Å². The van der Waals surface area contributed by atoms with Crippen LogP contribution in [0.3, 0.4) is 0 Å². The Morgan fingerprint density at radius 3 is 2.27 bits per heavy atom. The minimum absolute atomic E-state index is 0.355. The molecular weight excluding hydrogens is 186 g/mol. The van der Waals surface area contributed by atoms with Crippen molar-refractivity contribution in [1.82, 2.24) is 4.90 Å². The van der Waals surface area contributed by atoms with Gasteiger partial charge in [0.05, 0.1) is 0 Å². The van der Waals surface area contributed by atoms with Crippen LogP contribution in [0.1, 0.15) is 51.4 Å². The highest BCUT2D eigenvalue weighted by Gasteiger charge is 2.27. The van der Waals surface area contributed by atoms with Crippen molar-refractivity contribution in [2.24, 2.45) is 5.92 Å². The predicted molar refractivity (Wildman–Crippen MR) is 62.9 cm³/mol. The Labute approximate surface area is 93.7 Å². The molecule has 0 heterocycles. The summed E-state index contributed by atoms with van der Waals surface area (Å²) < 4.78 is 0. The molecule has 0 aromatic carbocycles. The molecule has 0 unspecified atom stereocenters. The Morgan fingerprint density at radius 2 is 1.73 bits per heavy atom. The molecule has 0 aromatic rings. The summed E-state index contributed by atoms with van der Waals surface area (Å²) in [5, 5.41) is 8.92. The molecule has 1 N–H and O–H groups in total. The van der Waals surface area contributed by atoms with Gasteiger partial charge in [0, 0.05) is 25.7 Å². The highest BCUT2D eigenvalue weighted by atomic mass is 16.3. The van der Waals surface area contributed by atoms with Gasteiger partial charge in [0.1, 0.15) is 0 Å². The lowest BCUT2D eigenvalue weighted by Gasteiger charge is -2.39. The van der Waals surface area contributed by atoms with Crippen LogP contribution in [0, 0.1) is 5.92 Å². The molecule has 2 saturated carbocycles. The van der Waals surface area contributed by atoms with Crippen LogP contribution in [0.25, 0.3) is 0 Å². The van der Waals surface area contributed by atoms with E-state index in [0.29, 0.717) is 6.61 Å². The third-order valence-corrected chi connectivity index (χ3v) is 4.16. The van der Waals surface area contributed by atoms with E-state index < -0.39 is 0 Å². The monoisotopic (exact) mass is 211 g/mol. The highest BCUT2D eigenvalue weighted by molar-refractivity contribution is 4.82. The SMILES string of the molecule is OCCCN(CC1CCCC1)C1CCC1.